The fourth-order valence-electron chi connectivity index (χ4n) is 4.53. The van der Waals surface area contributed by atoms with Crippen LogP contribution in [0, 0.1) is 5.92 Å². The molecule has 1 aliphatic heterocycles. The maximum atomic E-state index is 13.1. The molecule has 1 atom stereocenters. The molecule has 2 aliphatic rings. The van der Waals surface area contributed by atoms with Crippen LogP contribution >= 0.6 is 15.9 Å². The number of carbonyl (C=O) groups excluding carboxylic acids is 1. The molecule has 1 fully saturated rings. The average molecular weight is 491 g/mol. The fourth-order valence-corrected chi connectivity index (χ4v) is 5.78. The Balaban J connectivity index is 1.49. The number of halogens is 1. The molecule has 0 spiro atoms. The summed E-state index contributed by atoms with van der Waals surface area (Å²) in [5.41, 5.74) is 3.07. The van der Waals surface area contributed by atoms with Crippen molar-refractivity contribution in [2.24, 2.45) is 5.92 Å². The number of anilines is 1. The van der Waals surface area contributed by atoms with E-state index in [2.05, 4.69) is 34.2 Å². The molecule has 1 unspecified atom stereocenters. The quantitative estimate of drug-likeness (QED) is 0.638. The van der Waals surface area contributed by atoms with Crippen molar-refractivity contribution in [2.75, 3.05) is 17.2 Å². The van der Waals surface area contributed by atoms with E-state index in [1.807, 2.05) is 17.0 Å². The number of urea groups is 1. The first-order valence-corrected chi connectivity index (χ1v) is 12.9. The van der Waals surface area contributed by atoms with E-state index >= 15 is 0 Å². The minimum Gasteiger partial charge on any atom is -0.334 e. The van der Waals surface area contributed by atoms with E-state index in [1.54, 1.807) is 31.2 Å². The van der Waals surface area contributed by atoms with Crippen molar-refractivity contribution in [2.45, 2.75) is 50.0 Å². The second-order valence-corrected chi connectivity index (χ2v) is 11.7. The Kier molecular flexibility index (Phi) is 5.70. The predicted molar refractivity (Wildman–Crippen MR) is 123 cm³/mol. The second-order valence-electron chi connectivity index (χ2n) is 8.50. The zero-order chi connectivity index (χ0) is 21.5. The second kappa shape index (κ2) is 8.00. The molecule has 160 valence electrons. The van der Waals surface area contributed by atoms with E-state index < -0.39 is 9.84 Å². The number of benzene rings is 2. The Morgan fingerprint density at radius 1 is 1.20 bits per heavy atom. The molecular formula is C23H27BrN2O3S. The number of amides is 2. The third kappa shape index (κ3) is 3.78. The highest BCUT2D eigenvalue weighted by molar-refractivity contribution is 9.10. The van der Waals surface area contributed by atoms with Crippen molar-refractivity contribution in [1.82, 2.24) is 5.32 Å². The molecule has 0 bridgehead atoms. The molecule has 30 heavy (non-hydrogen) atoms. The summed E-state index contributed by atoms with van der Waals surface area (Å²) in [6, 6.07) is 12.8. The van der Waals surface area contributed by atoms with Gasteiger partial charge in [-0.05, 0) is 60.2 Å². The van der Waals surface area contributed by atoms with Crippen LogP contribution in [0.15, 0.2) is 51.8 Å². The number of sulfone groups is 1. The van der Waals surface area contributed by atoms with Gasteiger partial charge in [-0.2, -0.15) is 0 Å². The first-order chi connectivity index (χ1) is 14.2. The van der Waals surface area contributed by atoms with Crippen LogP contribution in [0.25, 0.3) is 0 Å². The topological polar surface area (TPSA) is 66.5 Å². The van der Waals surface area contributed by atoms with Crippen LogP contribution < -0.4 is 10.2 Å². The zero-order valence-electron chi connectivity index (χ0n) is 17.3. The zero-order valence-corrected chi connectivity index (χ0v) is 19.7. The van der Waals surface area contributed by atoms with Gasteiger partial charge in [-0.25, -0.2) is 13.2 Å². The Labute approximate surface area is 186 Å². The molecule has 0 aromatic heterocycles. The molecule has 2 aromatic carbocycles. The minimum absolute atomic E-state index is 0.0230. The lowest BCUT2D eigenvalue weighted by molar-refractivity contribution is 0.188. The first kappa shape index (κ1) is 21.4. The van der Waals surface area contributed by atoms with E-state index in [0.29, 0.717) is 23.9 Å². The number of carbonyl (C=O) groups is 1. The number of hydrogen-bond donors (Lipinski definition) is 1. The molecule has 5 nitrogen and oxygen atoms in total. The molecule has 1 saturated carbocycles. The van der Waals surface area contributed by atoms with Crippen molar-refractivity contribution in [3.8, 4) is 0 Å². The summed E-state index contributed by atoms with van der Waals surface area (Å²) in [6.45, 7) is 4.95. The van der Waals surface area contributed by atoms with Gasteiger partial charge in [0.25, 0.3) is 0 Å². The van der Waals surface area contributed by atoms with Gasteiger partial charge < -0.3 is 5.32 Å². The maximum absolute atomic E-state index is 13.1. The minimum atomic E-state index is -3.21. The normalized spacial score (nSPS) is 21.2. The third-order valence-electron chi connectivity index (χ3n) is 6.71. The van der Waals surface area contributed by atoms with Gasteiger partial charge in [0.15, 0.2) is 9.84 Å². The monoisotopic (exact) mass is 490 g/mol. The van der Waals surface area contributed by atoms with Crippen LogP contribution in [0.1, 0.15) is 44.2 Å². The van der Waals surface area contributed by atoms with Gasteiger partial charge in [0.05, 0.1) is 10.6 Å². The van der Waals surface area contributed by atoms with Gasteiger partial charge in [0.2, 0.25) is 0 Å². The first-order valence-electron chi connectivity index (χ1n) is 10.4. The Hall–Kier alpha value is -1.86. The lowest BCUT2D eigenvalue weighted by atomic mass is 9.64. The molecule has 2 aromatic rings. The van der Waals surface area contributed by atoms with Crippen LogP contribution in [0.3, 0.4) is 0 Å². The summed E-state index contributed by atoms with van der Waals surface area (Å²) >= 11 is 3.59. The molecule has 0 saturated heterocycles. The molecular weight excluding hydrogens is 464 g/mol. The SMILES string of the molecule is CCS(=O)(=O)c1ccc(CNC(=O)N2CC(C)(C3CCC3)c3cc(Br)ccc32)cc1. The number of hydrogen-bond acceptors (Lipinski definition) is 3. The van der Waals surface area contributed by atoms with Crippen LogP contribution in [-0.4, -0.2) is 26.7 Å². The van der Waals surface area contributed by atoms with Gasteiger partial charge >= 0.3 is 6.03 Å². The Morgan fingerprint density at radius 3 is 2.50 bits per heavy atom. The van der Waals surface area contributed by atoms with Gasteiger partial charge in [0, 0.05) is 28.7 Å². The highest BCUT2D eigenvalue weighted by atomic mass is 79.9. The number of fused-ring (bicyclic) bond motifs is 1. The van der Waals surface area contributed by atoms with Crippen LogP contribution in [0.2, 0.25) is 0 Å². The van der Waals surface area contributed by atoms with Crippen LogP contribution in [0.4, 0.5) is 10.5 Å². The van der Waals surface area contributed by atoms with Crippen LogP contribution in [0.5, 0.6) is 0 Å². The molecule has 2 amide bonds. The highest BCUT2D eigenvalue weighted by Crippen LogP contribution is 2.52. The number of nitrogens with zero attached hydrogens (tertiary/aromatic N) is 1. The highest BCUT2D eigenvalue weighted by Gasteiger charge is 2.48. The number of nitrogens with one attached hydrogen (secondary N) is 1. The van der Waals surface area contributed by atoms with E-state index in [4.69, 9.17) is 0 Å². The van der Waals surface area contributed by atoms with Gasteiger partial charge in [-0.3, -0.25) is 4.90 Å². The van der Waals surface area contributed by atoms with Crippen molar-refractivity contribution in [3.63, 3.8) is 0 Å². The molecule has 1 heterocycles. The predicted octanol–water partition coefficient (Wildman–Crippen LogP) is 5.03. The third-order valence-corrected chi connectivity index (χ3v) is 8.95. The Bertz CT molecular complexity index is 1060. The Morgan fingerprint density at radius 2 is 1.90 bits per heavy atom. The summed E-state index contributed by atoms with van der Waals surface area (Å²) in [7, 11) is -3.21. The smallest absolute Gasteiger partial charge is 0.322 e. The molecule has 4 rings (SSSR count). The average Bonchev–Trinajstić information content (AvgIpc) is 2.97. The fraction of sp³-hybridized carbons (Fsp3) is 0.435. The summed E-state index contributed by atoms with van der Waals surface area (Å²) in [6.07, 6.45) is 3.69. The van der Waals surface area contributed by atoms with Gasteiger partial charge in [0.1, 0.15) is 0 Å². The summed E-state index contributed by atoms with van der Waals surface area (Å²) in [5, 5.41) is 3.01. The summed E-state index contributed by atoms with van der Waals surface area (Å²) < 4.78 is 25.0. The summed E-state index contributed by atoms with van der Waals surface area (Å²) in [5.74, 6) is 0.685. The van der Waals surface area contributed by atoms with E-state index in [1.165, 1.54) is 24.8 Å². The van der Waals surface area contributed by atoms with Crippen molar-refractivity contribution in [1.29, 1.82) is 0 Å². The van der Waals surface area contributed by atoms with Gasteiger partial charge in [-0.15, -0.1) is 0 Å². The molecule has 0 radical (unpaired) electrons. The summed E-state index contributed by atoms with van der Waals surface area (Å²) in [4.78, 5) is 15.2. The molecule has 7 heteroatoms. The van der Waals surface area contributed by atoms with Crippen molar-refractivity contribution < 1.29 is 13.2 Å². The molecule has 1 N–H and O–H groups in total. The van der Waals surface area contributed by atoms with Gasteiger partial charge in [-0.1, -0.05) is 48.3 Å². The maximum Gasteiger partial charge on any atom is 0.322 e. The van der Waals surface area contributed by atoms with Crippen molar-refractivity contribution >= 4 is 37.5 Å². The van der Waals surface area contributed by atoms with E-state index in [0.717, 1.165) is 15.7 Å². The number of rotatable bonds is 5. The lowest BCUT2D eigenvalue weighted by Crippen LogP contribution is -2.45. The van der Waals surface area contributed by atoms with Crippen molar-refractivity contribution in [3.05, 3.63) is 58.1 Å². The molecule has 1 aliphatic carbocycles. The van der Waals surface area contributed by atoms with E-state index in [-0.39, 0.29) is 17.2 Å². The largest absolute Gasteiger partial charge is 0.334 e. The van der Waals surface area contributed by atoms with Crippen LogP contribution in [-0.2, 0) is 21.8 Å². The standard InChI is InChI=1S/C23H27BrN2O3S/c1-3-30(28,29)19-10-7-16(8-11-19)14-25-22(27)26-15-23(2,17-5-4-6-17)20-13-18(24)9-12-21(20)26/h7-13,17H,3-6,14-15H2,1-2H3,(H,25,27). The lowest BCUT2D eigenvalue weighted by Gasteiger charge is -2.41. The van der Waals surface area contributed by atoms with E-state index in [9.17, 15) is 13.2 Å².